The Bertz CT molecular complexity index is 737. The van der Waals surface area contributed by atoms with Crippen molar-refractivity contribution in [2.45, 2.75) is 33.1 Å². The van der Waals surface area contributed by atoms with E-state index in [2.05, 4.69) is 48.6 Å². The van der Waals surface area contributed by atoms with Crippen LogP contribution in [0.25, 0.3) is 0 Å². The van der Waals surface area contributed by atoms with Crippen molar-refractivity contribution in [3.8, 4) is 5.75 Å². The van der Waals surface area contributed by atoms with Crippen LogP contribution in [-0.4, -0.2) is 37.2 Å². The first-order valence-corrected chi connectivity index (χ1v) is 9.88. The largest absolute Gasteiger partial charge is 0.491 e. The monoisotopic (exact) mass is 366 g/mol. The van der Waals surface area contributed by atoms with Gasteiger partial charge in [0.1, 0.15) is 12.4 Å². The molecule has 2 aromatic carbocycles. The third-order valence-electron chi connectivity index (χ3n) is 5.24. The number of ether oxygens (including phenoxy) is 1. The molecular formula is C23H30N2O2. The second-order valence-corrected chi connectivity index (χ2v) is 7.47. The molecular weight excluding hydrogens is 336 g/mol. The number of hydrogen-bond donors (Lipinski definition) is 1. The van der Waals surface area contributed by atoms with Gasteiger partial charge in [-0.1, -0.05) is 48.0 Å². The predicted octanol–water partition coefficient (Wildman–Crippen LogP) is 4.35. The third-order valence-corrected chi connectivity index (χ3v) is 5.24. The summed E-state index contributed by atoms with van der Waals surface area (Å²) < 4.78 is 5.78. The number of hydrogen-bond acceptors (Lipinski definition) is 2. The van der Waals surface area contributed by atoms with Gasteiger partial charge in [0.2, 0.25) is 0 Å². The maximum atomic E-state index is 12.3. The molecule has 3 rings (SSSR count). The molecule has 1 aliphatic heterocycles. The maximum absolute atomic E-state index is 12.3. The highest BCUT2D eigenvalue weighted by molar-refractivity contribution is 5.74. The predicted molar refractivity (Wildman–Crippen MR) is 109 cm³/mol. The quantitative estimate of drug-likeness (QED) is 0.773. The molecule has 0 atom stereocenters. The molecule has 0 radical (unpaired) electrons. The molecule has 4 nitrogen and oxygen atoms in total. The highest BCUT2D eigenvalue weighted by Crippen LogP contribution is 2.22. The summed E-state index contributed by atoms with van der Waals surface area (Å²) in [4.78, 5) is 14.3. The van der Waals surface area contributed by atoms with Crippen molar-refractivity contribution in [2.75, 3.05) is 26.2 Å². The van der Waals surface area contributed by atoms with Gasteiger partial charge in [-0.2, -0.15) is 0 Å². The highest BCUT2D eigenvalue weighted by Gasteiger charge is 2.22. The summed E-state index contributed by atoms with van der Waals surface area (Å²) in [7, 11) is 0. The average Bonchev–Trinajstić information content (AvgIpc) is 2.68. The average molecular weight is 367 g/mol. The first kappa shape index (κ1) is 19.3. The van der Waals surface area contributed by atoms with Gasteiger partial charge in [-0.15, -0.1) is 0 Å². The molecule has 1 fully saturated rings. The SMILES string of the molecule is Cc1ccc(OCCNC(=O)N2CCC(Cc3ccccc3)CC2)c(C)c1. The minimum atomic E-state index is 0.0254. The number of piperidine rings is 1. The fraction of sp³-hybridized carbons (Fsp3) is 0.435. The molecule has 0 unspecified atom stereocenters. The third kappa shape index (κ3) is 5.75. The molecule has 2 amide bonds. The minimum Gasteiger partial charge on any atom is -0.491 e. The van der Waals surface area contributed by atoms with E-state index >= 15 is 0 Å². The van der Waals surface area contributed by atoms with Crippen molar-refractivity contribution in [1.29, 1.82) is 0 Å². The number of carbonyl (C=O) groups is 1. The lowest BCUT2D eigenvalue weighted by molar-refractivity contribution is 0.168. The number of nitrogens with one attached hydrogen (secondary N) is 1. The van der Waals surface area contributed by atoms with E-state index in [4.69, 9.17) is 4.74 Å². The number of urea groups is 1. The highest BCUT2D eigenvalue weighted by atomic mass is 16.5. The van der Waals surface area contributed by atoms with Crippen LogP contribution < -0.4 is 10.1 Å². The molecule has 1 aliphatic rings. The Balaban J connectivity index is 1.34. The Morgan fingerprint density at radius 1 is 1.11 bits per heavy atom. The summed E-state index contributed by atoms with van der Waals surface area (Å²) >= 11 is 0. The van der Waals surface area contributed by atoms with Crippen molar-refractivity contribution in [3.05, 3.63) is 65.2 Å². The van der Waals surface area contributed by atoms with Crippen molar-refractivity contribution < 1.29 is 9.53 Å². The van der Waals surface area contributed by atoms with Gasteiger partial charge < -0.3 is 15.0 Å². The molecule has 0 spiro atoms. The van der Waals surface area contributed by atoms with Gasteiger partial charge in [-0.3, -0.25) is 0 Å². The molecule has 0 aromatic heterocycles. The number of carbonyl (C=O) groups excluding carboxylic acids is 1. The topological polar surface area (TPSA) is 41.6 Å². The number of benzene rings is 2. The number of amides is 2. The van der Waals surface area contributed by atoms with Gasteiger partial charge in [0, 0.05) is 13.1 Å². The molecule has 0 aliphatic carbocycles. The van der Waals surface area contributed by atoms with E-state index in [1.165, 1.54) is 11.1 Å². The van der Waals surface area contributed by atoms with Crippen LogP contribution in [0, 0.1) is 19.8 Å². The summed E-state index contributed by atoms with van der Waals surface area (Å²) in [6.07, 6.45) is 3.25. The molecule has 2 aromatic rings. The van der Waals surface area contributed by atoms with Crippen LogP contribution in [0.5, 0.6) is 5.75 Å². The molecule has 1 heterocycles. The molecule has 27 heavy (non-hydrogen) atoms. The summed E-state index contributed by atoms with van der Waals surface area (Å²) in [6.45, 7) is 6.79. The van der Waals surface area contributed by atoms with Gasteiger partial charge >= 0.3 is 6.03 Å². The Kier molecular flexibility index (Phi) is 6.74. The zero-order valence-electron chi connectivity index (χ0n) is 16.4. The Morgan fingerprint density at radius 3 is 2.56 bits per heavy atom. The Labute approximate surface area is 162 Å². The van der Waals surface area contributed by atoms with E-state index in [0.717, 1.165) is 43.7 Å². The lowest BCUT2D eigenvalue weighted by Crippen LogP contribution is -2.45. The second-order valence-electron chi connectivity index (χ2n) is 7.47. The lowest BCUT2D eigenvalue weighted by Gasteiger charge is -2.32. The summed E-state index contributed by atoms with van der Waals surface area (Å²) in [5.41, 5.74) is 3.74. The van der Waals surface area contributed by atoms with E-state index in [1.807, 2.05) is 24.0 Å². The van der Waals surface area contributed by atoms with Crippen molar-refractivity contribution in [2.24, 2.45) is 5.92 Å². The van der Waals surface area contributed by atoms with Crippen LogP contribution in [0.4, 0.5) is 4.79 Å². The second kappa shape index (κ2) is 9.45. The van der Waals surface area contributed by atoms with Gasteiger partial charge in [-0.25, -0.2) is 4.79 Å². The molecule has 0 bridgehead atoms. The van der Waals surface area contributed by atoms with Gasteiger partial charge in [-0.05, 0) is 56.2 Å². The summed E-state index contributed by atoms with van der Waals surface area (Å²) in [5, 5.41) is 2.98. The van der Waals surface area contributed by atoms with Crippen LogP contribution in [-0.2, 0) is 6.42 Å². The standard InChI is InChI=1S/C23H30N2O2/c1-18-8-9-22(19(2)16-18)27-15-12-24-23(26)25-13-10-21(11-14-25)17-20-6-4-3-5-7-20/h3-9,16,21H,10-15,17H2,1-2H3,(H,24,26). The normalized spacial score (nSPS) is 14.8. The van der Waals surface area contributed by atoms with Crippen LogP contribution in [0.2, 0.25) is 0 Å². The van der Waals surface area contributed by atoms with Gasteiger partial charge in [0.25, 0.3) is 0 Å². The van der Waals surface area contributed by atoms with E-state index in [-0.39, 0.29) is 6.03 Å². The summed E-state index contributed by atoms with van der Waals surface area (Å²) in [5.74, 6) is 1.56. The maximum Gasteiger partial charge on any atom is 0.317 e. The van der Waals surface area contributed by atoms with E-state index in [0.29, 0.717) is 19.1 Å². The van der Waals surface area contributed by atoms with Crippen LogP contribution in [0.1, 0.15) is 29.5 Å². The van der Waals surface area contributed by atoms with E-state index in [9.17, 15) is 4.79 Å². The fourth-order valence-corrected chi connectivity index (χ4v) is 3.68. The Morgan fingerprint density at radius 2 is 1.85 bits per heavy atom. The van der Waals surface area contributed by atoms with Crippen LogP contribution in [0.15, 0.2) is 48.5 Å². The van der Waals surface area contributed by atoms with Gasteiger partial charge in [0.05, 0.1) is 6.54 Å². The first-order chi connectivity index (χ1) is 13.1. The van der Waals surface area contributed by atoms with Crippen molar-refractivity contribution in [3.63, 3.8) is 0 Å². The number of likely N-dealkylation sites (tertiary alicyclic amines) is 1. The zero-order chi connectivity index (χ0) is 19.1. The zero-order valence-corrected chi connectivity index (χ0v) is 16.4. The molecule has 1 N–H and O–H groups in total. The number of rotatable bonds is 6. The lowest BCUT2D eigenvalue weighted by atomic mass is 9.90. The minimum absolute atomic E-state index is 0.0254. The van der Waals surface area contributed by atoms with E-state index in [1.54, 1.807) is 0 Å². The fourth-order valence-electron chi connectivity index (χ4n) is 3.68. The van der Waals surface area contributed by atoms with Crippen molar-refractivity contribution >= 4 is 6.03 Å². The molecule has 0 saturated carbocycles. The number of nitrogens with zero attached hydrogens (tertiary/aromatic N) is 1. The number of aryl methyl sites for hydroxylation is 2. The van der Waals surface area contributed by atoms with Crippen LogP contribution in [0.3, 0.4) is 0 Å². The first-order valence-electron chi connectivity index (χ1n) is 9.88. The van der Waals surface area contributed by atoms with Crippen molar-refractivity contribution in [1.82, 2.24) is 10.2 Å². The van der Waals surface area contributed by atoms with E-state index < -0.39 is 0 Å². The smallest absolute Gasteiger partial charge is 0.317 e. The molecule has 144 valence electrons. The van der Waals surface area contributed by atoms with Gasteiger partial charge in [0.15, 0.2) is 0 Å². The molecule has 1 saturated heterocycles. The molecule has 4 heteroatoms. The Hall–Kier alpha value is -2.49. The van der Waals surface area contributed by atoms with Crippen LogP contribution >= 0.6 is 0 Å². The summed E-state index contributed by atoms with van der Waals surface area (Å²) in [6, 6.07) is 16.8.